The highest BCUT2D eigenvalue weighted by molar-refractivity contribution is 5.80. The second-order valence-electron chi connectivity index (χ2n) is 2.43. The third-order valence-corrected chi connectivity index (χ3v) is 1.71. The molecule has 1 saturated heterocycles. The molecule has 0 aromatic carbocycles. The summed E-state index contributed by atoms with van der Waals surface area (Å²) in [6.07, 6.45) is 0. The van der Waals surface area contributed by atoms with Crippen LogP contribution in [0.15, 0.2) is 0 Å². The maximum Gasteiger partial charge on any atom is 0.309 e. The number of aliphatic carboxylic acids is 2. The molecule has 2 unspecified atom stereocenters. The zero-order valence-electron chi connectivity index (χ0n) is 5.69. The molecule has 1 fully saturated rings. The Morgan fingerprint density at radius 2 is 1.45 bits per heavy atom. The van der Waals surface area contributed by atoms with Crippen molar-refractivity contribution in [2.24, 2.45) is 11.8 Å². The summed E-state index contributed by atoms with van der Waals surface area (Å²) in [7, 11) is 0. The van der Waals surface area contributed by atoms with Crippen molar-refractivity contribution in [3.63, 3.8) is 0 Å². The fourth-order valence-corrected chi connectivity index (χ4v) is 1.04. The molecule has 1 heterocycles. The maximum absolute atomic E-state index is 10.4. The van der Waals surface area contributed by atoms with Gasteiger partial charge in [0.05, 0.1) is 25.0 Å². The van der Waals surface area contributed by atoms with Crippen LogP contribution in [-0.4, -0.2) is 35.4 Å². The monoisotopic (exact) mass is 160 g/mol. The van der Waals surface area contributed by atoms with Crippen LogP contribution < -0.4 is 0 Å². The Bertz CT molecular complexity index is 167. The second kappa shape index (κ2) is 2.87. The molecule has 1 aliphatic heterocycles. The Kier molecular flexibility index (Phi) is 2.09. The molecule has 0 aromatic heterocycles. The minimum absolute atomic E-state index is 0.00625. The van der Waals surface area contributed by atoms with Gasteiger partial charge >= 0.3 is 11.9 Å². The summed E-state index contributed by atoms with van der Waals surface area (Å²) in [5.41, 5.74) is 0. The molecule has 2 N–H and O–H groups in total. The van der Waals surface area contributed by atoms with Gasteiger partial charge in [-0.1, -0.05) is 0 Å². The third-order valence-electron chi connectivity index (χ3n) is 1.71. The summed E-state index contributed by atoms with van der Waals surface area (Å²) in [4.78, 5) is 20.7. The lowest BCUT2D eigenvalue weighted by Crippen LogP contribution is -2.28. The van der Waals surface area contributed by atoms with E-state index >= 15 is 0 Å². The number of carboxylic acids is 2. The fourth-order valence-electron chi connectivity index (χ4n) is 1.04. The zero-order valence-corrected chi connectivity index (χ0v) is 5.69. The molecule has 62 valence electrons. The van der Waals surface area contributed by atoms with Crippen LogP contribution in [0.2, 0.25) is 0 Å². The number of carboxylic acid groups (broad SMARTS) is 2. The van der Waals surface area contributed by atoms with E-state index in [0.29, 0.717) is 0 Å². The highest BCUT2D eigenvalue weighted by atomic mass is 16.5. The van der Waals surface area contributed by atoms with Crippen LogP contribution in [0.1, 0.15) is 0 Å². The number of hydrogen-bond acceptors (Lipinski definition) is 3. The fraction of sp³-hybridized carbons (Fsp3) is 0.667. The van der Waals surface area contributed by atoms with E-state index in [9.17, 15) is 9.59 Å². The molecular formula is C6H8O5. The quantitative estimate of drug-likeness (QED) is 0.564. The first kappa shape index (κ1) is 8.00. The summed E-state index contributed by atoms with van der Waals surface area (Å²) < 4.78 is 4.73. The Labute approximate surface area is 62.6 Å². The van der Waals surface area contributed by atoms with Gasteiger partial charge in [-0.25, -0.2) is 0 Å². The van der Waals surface area contributed by atoms with E-state index in [2.05, 4.69) is 0 Å². The normalized spacial score (nSPS) is 30.2. The molecule has 1 aliphatic rings. The van der Waals surface area contributed by atoms with E-state index in [-0.39, 0.29) is 13.2 Å². The topological polar surface area (TPSA) is 83.8 Å². The van der Waals surface area contributed by atoms with Crippen LogP contribution in [0.4, 0.5) is 0 Å². The molecule has 1 rings (SSSR count). The maximum atomic E-state index is 10.4. The predicted molar refractivity (Wildman–Crippen MR) is 33.1 cm³/mol. The van der Waals surface area contributed by atoms with Crippen molar-refractivity contribution in [2.75, 3.05) is 13.2 Å². The summed E-state index contributed by atoms with van der Waals surface area (Å²) in [5.74, 6) is -3.97. The Hall–Kier alpha value is -1.10. The summed E-state index contributed by atoms with van der Waals surface area (Å²) in [5, 5.41) is 17.0. The molecule has 0 radical (unpaired) electrons. The number of hydrogen-bond donors (Lipinski definition) is 2. The van der Waals surface area contributed by atoms with Gasteiger partial charge < -0.3 is 14.9 Å². The van der Waals surface area contributed by atoms with Crippen molar-refractivity contribution in [1.82, 2.24) is 0 Å². The van der Waals surface area contributed by atoms with E-state index in [1.807, 2.05) is 0 Å². The van der Waals surface area contributed by atoms with Gasteiger partial charge in [-0.15, -0.1) is 0 Å². The third kappa shape index (κ3) is 1.48. The van der Waals surface area contributed by atoms with Gasteiger partial charge in [0.1, 0.15) is 0 Å². The smallest absolute Gasteiger partial charge is 0.309 e. The van der Waals surface area contributed by atoms with Crippen molar-refractivity contribution in [3.8, 4) is 0 Å². The molecule has 5 nitrogen and oxygen atoms in total. The standard InChI is InChI=1S/C6H8O5/c7-5(8)3-1-11-2-4(3)6(9)10/h3-4H,1-2H2,(H,7,8)(H,9,10). The first-order valence-corrected chi connectivity index (χ1v) is 3.16. The minimum Gasteiger partial charge on any atom is -0.481 e. The van der Waals surface area contributed by atoms with Gasteiger partial charge in [0.2, 0.25) is 0 Å². The molecule has 0 aliphatic carbocycles. The molecule has 0 bridgehead atoms. The van der Waals surface area contributed by atoms with Gasteiger partial charge in [-0.3, -0.25) is 9.59 Å². The highest BCUT2D eigenvalue weighted by Crippen LogP contribution is 2.20. The number of rotatable bonds is 2. The van der Waals surface area contributed by atoms with E-state index in [1.54, 1.807) is 0 Å². The molecule has 5 heteroatoms. The minimum atomic E-state index is -1.10. The van der Waals surface area contributed by atoms with Crippen LogP contribution in [0.25, 0.3) is 0 Å². The first-order chi connectivity index (χ1) is 5.13. The average Bonchev–Trinajstić information content (AvgIpc) is 2.32. The molecule has 0 aromatic rings. The average molecular weight is 160 g/mol. The van der Waals surface area contributed by atoms with Crippen LogP contribution in [0.3, 0.4) is 0 Å². The lowest BCUT2D eigenvalue weighted by atomic mass is 9.97. The van der Waals surface area contributed by atoms with Crippen molar-refractivity contribution < 1.29 is 24.5 Å². The summed E-state index contributed by atoms with van der Waals surface area (Å²) in [6.45, 7) is 0.0125. The Morgan fingerprint density at radius 3 is 1.73 bits per heavy atom. The first-order valence-electron chi connectivity index (χ1n) is 3.16. The largest absolute Gasteiger partial charge is 0.481 e. The van der Waals surface area contributed by atoms with Crippen LogP contribution >= 0.6 is 0 Å². The molecular weight excluding hydrogens is 152 g/mol. The zero-order chi connectivity index (χ0) is 8.43. The van der Waals surface area contributed by atoms with Crippen LogP contribution in [0.5, 0.6) is 0 Å². The van der Waals surface area contributed by atoms with E-state index in [1.165, 1.54) is 0 Å². The van der Waals surface area contributed by atoms with E-state index in [4.69, 9.17) is 14.9 Å². The number of ether oxygens (including phenoxy) is 1. The van der Waals surface area contributed by atoms with Crippen molar-refractivity contribution in [2.45, 2.75) is 0 Å². The summed E-state index contributed by atoms with van der Waals surface area (Å²) >= 11 is 0. The number of carbonyl (C=O) groups is 2. The second-order valence-corrected chi connectivity index (χ2v) is 2.43. The Morgan fingerprint density at radius 1 is 1.09 bits per heavy atom. The highest BCUT2D eigenvalue weighted by Gasteiger charge is 2.38. The molecule has 0 spiro atoms. The van der Waals surface area contributed by atoms with Gasteiger partial charge in [0.25, 0.3) is 0 Å². The predicted octanol–water partition coefficient (Wildman–Crippen LogP) is -0.582. The lowest BCUT2D eigenvalue weighted by molar-refractivity contribution is -0.151. The van der Waals surface area contributed by atoms with Crippen LogP contribution in [-0.2, 0) is 14.3 Å². The van der Waals surface area contributed by atoms with Gasteiger partial charge in [-0.2, -0.15) is 0 Å². The van der Waals surface area contributed by atoms with E-state index < -0.39 is 23.8 Å². The van der Waals surface area contributed by atoms with Gasteiger partial charge in [-0.05, 0) is 0 Å². The van der Waals surface area contributed by atoms with Crippen molar-refractivity contribution >= 4 is 11.9 Å². The molecule has 0 amide bonds. The van der Waals surface area contributed by atoms with Crippen LogP contribution in [0, 0.1) is 11.8 Å². The van der Waals surface area contributed by atoms with E-state index in [0.717, 1.165) is 0 Å². The van der Waals surface area contributed by atoms with Gasteiger partial charge in [0.15, 0.2) is 0 Å². The molecule has 2 atom stereocenters. The van der Waals surface area contributed by atoms with Crippen molar-refractivity contribution in [1.29, 1.82) is 0 Å². The summed E-state index contributed by atoms with van der Waals surface area (Å²) in [6, 6.07) is 0. The molecule has 11 heavy (non-hydrogen) atoms. The van der Waals surface area contributed by atoms with Gasteiger partial charge in [0, 0.05) is 0 Å². The lowest BCUT2D eigenvalue weighted by Gasteiger charge is -2.06. The van der Waals surface area contributed by atoms with Crippen molar-refractivity contribution in [3.05, 3.63) is 0 Å². The Balaban J connectivity index is 2.65. The SMILES string of the molecule is O=C(O)C1COCC1C(=O)O. The molecule has 0 saturated carbocycles.